The molecule has 0 radical (unpaired) electrons. The summed E-state index contributed by atoms with van der Waals surface area (Å²) in [4.78, 5) is 9.62. The Balaban J connectivity index is 0.000000164. The first kappa shape index (κ1) is 66.5. The first-order valence-electron chi connectivity index (χ1n) is 37.0. The van der Waals surface area contributed by atoms with Crippen molar-refractivity contribution in [1.29, 1.82) is 0 Å². The van der Waals surface area contributed by atoms with E-state index >= 15 is 0 Å². The van der Waals surface area contributed by atoms with Crippen LogP contribution in [0.3, 0.4) is 0 Å². The van der Waals surface area contributed by atoms with Crippen molar-refractivity contribution in [3.05, 3.63) is 408 Å². The third-order valence-electron chi connectivity index (χ3n) is 22.0. The topological polar surface area (TPSA) is 13.0 Å². The van der Waals surface area contributed by atoms with Crippen LogP contribution < -0.4 is 19.6 Å². The third kappa shape index (κ3) is 12.4. The fourth-order valence-corrected chi connectivity index (χ4v) is 16.2. The van der Waals surface area contributed by atoms with Crippen LogP contribution in [-0.2, 0) is 10.8 Å². The van der Waals surface area contributed by atoms with Crippen molar-refractivity contribution in [2.75, 3.05) is 19.6 Å². The summed E-state index contributed by atoms with van der Waals surface area (Å²) in [7, 11) is 0. The molecule has 0 spiro atoms. The predicted molar refractivity (Wildman–Crippen MR) is 452 cm³/mol. The molecule has 0 aliphatic heterocycles. The van der Waals surface area contributed by atoms with E-state index in [0.717, 1.165) is 56.9 Å². The lowest BCUT2D eigenvalue weighted by Crippen LogP contribution is -2.18. The lowest BCUT2D eigenvalue weighted by molar-refractivity contribution is 0.660. The molecule has 16 aromatic carbocycles. The number of fused-ring (bicyclic) bond motifs is 8. The zero-order valence-electron chi connectivity index (χ0n) is 61.4. The van der Waals surface area contributed by atoms with E-state index in [1.165, 1.54) is 122 Å². The molecule has 0 saturated carbocycles. The second-order valence-electron chi connectivity index (χ2n) is 29.7. The largest absolute Gasteiger partial charge is 0.310 e. The van der Waals surface area contributed by atoms with Gasteiger partial charge in [-0.2, -0.15) is 0 Å². The highest BCUT2D eigenvalue weighted by atomic mass is 15.2. The maximum absolute atomic E-state index is 2.44. The Bertz CT molecular complexity index is 5430. The molecule has 512 valence electrons. The number of aryl methyl sites for hydroxylation is 4. The van der Waals surface area contributed by atoms with Gasteiger partial charge in [0.25, 0.3) is 0 Å². The molecule has 0 N–H and O–H groups in total. The van der Waals surface area contributed by atoms with Crippen molar-refractivity contribution >= 4 is 89.8 Å². The van der Waals surface area contributed by atoms with Crippen molar-refractivity contribution in [1.82, 2.24) is 0 Å². The summed E-state index contributed by atoms with van der Waals surface area (Å²) in [5, 5.41) is 4.88. The van der Waals surface area contributed by atoms with Gasteiger partial charge in [-0.05, 0) is 239 Å². The SMILES string of the molecule is CC1(C)c2cc(N(c3ccc(-c4ccccc4)cc3)c3cccc4ccccc34)ccc2-c2ccc(N(c3ccc(-c4ccccc4)cc3)c3cccc4ccccc34)cc21.Cc1ccc(N(c2ccc(C)cc2)c2ccc3c(c2)C(C)(C)c2cc(N(c4ccc(C)cc4)c4ccc(C)cc4)ccc2-3)cc1. The highest BCUT2D eigenvalue weighted by Gasteiger charge is 2.39. The molecule has 2 aliphatic carbocycles. The van der Waals surface area contributed by atoms with Crippen LogP contribution in [0.15, 0.2) is 364 Å². The molecule has 0 fully saturated rings. The van der Waals surface area contributed by atoms with Gasteiger partial charge in [-0.1, -0.05) is 280 Å². The van der Waals surface area contributed by atoms with E-state index in [1.54, 1.807) is 0 Å². The maximum Gasteiger partial charge on any atom is 0.0540 e. The van der Waals surface area contributed by atoms with Gasteiger partial charge in [0.1, 0.15) is 0 Å². The molecule has 2 aliphatic rings. The van der Waals surface area contributed by atoms with Gasteiger partial charge in [0.05, 0.1) is 11.4 Å². The standard InChI is InChI=1S/C59H44N2.C43H40N2/c1-59(2)55-39-49(60(57-25-13-21-45-19-9-11-23-51(45)57)47-31-27-43(28-32-47)41-15-5-3-6-16-41)35-37-53(55)54-38-36-50(40-56(54)59)61(58-26-14-22-46-20-10-12-24-52(46)58)48-33-29-44(30-34-48)42-17-7-4-8-18-42;1-29-7-15-33(16-8-29)44(34-17-9-30(2)10-18-34)37-23-25-39-40-26-24-38(28-42(40)43(5,6)41(39)27-37)45(35-19-11-31(3)12-20-35)36-21-13-32(4)14-22-36/h3-40H,1-2H3;7-28H,1-6H3. The number of anilines is 12. The van der Waals surface area contributed by atoms with Gasteiger partial charge in [-0.25, -0.2) is 0 Å². The van der Waals surface area contributed by atoms with Crippen LogP contribution in [0.4, 0.5) is 68.2 Å². The number of rotatable bonds is 14. The molecule has 18 rings (SSSR count). The zero-order chi connectivity index (χ0) is 72.2. The van der Waals surface area contributed by atoms with E-state index in [-0.39, 0.29) is 10.8 Å². The first-order valence-corrected chi connectivity index (χ1v) is 37.0. The van der Waals surface area contributed by atoms with E-state index in [4.69, 9.17) is 0 Å². The van der Waals surface area contributed by atoms with Gasteiger partial charge in [0.15, 0.2) is 0 Å². The normalized spacial score (nSPS) is 12.7. The molecule has 4 heteroatoms. The first-order chi connectivity index (χ1) is 51.7. The Morgan fingerprint density at radius 3 is 0.717 bits per heavy atom. The van der Waals surface area contributed by atoms with Crippen LogP contribution in [0.25, 0.3) is 66.1 Å². The molecule has 0 atom stereocenters. The summed E-state index contributed by atoms with van der Waals surface area (Å²) in [5.74, 6) is 0. The summed E-state index contributed by atoms with van der Waals surface area (Å²) in [6.45, 7) is 18.1. The van der Waals surface area contributed by atoms with Crippen LogP contribution in [0.2, 0.25) is 0 Å². The highest BCUT2D eigenvalue weighted by Crippen LogP contribution is 2.55. The fourth-order valence-electron chi connectivity index (χ4n) is 16.2. The molecule has 0 amide bonds. The minimum absolute atomic E-state index is 0.171. The summed E-state index contributed by atoms with van der Waals surface area (Å²) in [6, 6.07) is 133. The summed E-state index contributed by atoms with van der Waals surface area (Å²) in [5.41, 5.74) is 33.8. The summed E-state index contributed by atoms with van der Waals surface area (Å²) >= 11 is 0. The minimum Gasteiger partial charge on any atom is -0.310 e. The second-order valence-corrected chi connectivity index (χ2v) is 29.7. The van der Waals surface area contributed by atoms with Gasteiger partial charge < -0.3 is 19.6 Å². The fraction of sp³-hybridized carbons (Fsp3) is 0.0980. The van der Waals surface area contributed by atoms with E-state index in [1.807, 2.05) is 0 Å². The lowest BCUT2D eigenvalue weighted by Gasteiger charge is -2.30. The van der Waals surface area contributed by atoms with Crippen LogP contribution in [0.1, 0.15) is 72.2 Å². The van der Waals surface area contributed by atoms with Crippen molar-refractivity contribution in [3.8, 4) is 44.5 Å². The number of nitrogens with zero attached hydrogens (tertiary/aromatic N) is 4. The van der Waals surface area contributed by atoms with Crippen LogP contribution >= 0.6 is 0 Å². The Hall–Kier alpha value is -12.8. The molecule has 0 bridgehead atoms. The molecule has 4 nitrogen and oxygen atoms in total. The van der Waals surface area contributed by atoms with E-state index in [9.17, 15) is 0 Å². The van der Waals surface area contributed by atoms with Crippen molar-refractivity contribution in [2.24, 2.45) is 0 Å². The van der Waals surface area contributed by atoms with Crippen LogP contribution in [-0.4, -0.2) is 0 Å². The Morgan fingerprint density at radius 2 is 0.415 bits per heavy atom. The van der Waals surface area contributed by atoms with Crippen molar-refractivity contribution in [3.63, 3.8) is 0 Å². The summed E-state index contributed by atoms with van der Waals surface area (Å²) < 4.78 is 0. The third-order valence-corrected chi connectivity index (χ3v) is 22.0. The average Bonchev–Trinajstić information content (AvgIpc) is 1.56. The Kier molecular flexibility index (Phi) is 17.2. The molecule has 0 saturated heterocycles. The number of hydrogen-bond donors (Lipinski definition) is 0. The number of hydrogen-bond acceptors (Lipinski definition) is 4. The smallest absolute Gasteiger partial charge is 0.0540 e. The van der Waals surface area contributed by atoms with Gasteiger partial charge in [-0.15, -0.1) is 0 Å². The monoisotopic (exact) mass is 1360 g/mol. The van der Waals surface area contributed by atoms with E-state index in [2.05, 4.69) is 439 Å². The zero-order valence-corrected chi connectivity index (χ0v) is 61.4. The van der Waals surface area contributed by atoms with Gasteiger partial charge in [0.2, 0.25) is 0 Å². The Morgan fingerprint density at radius 1 is 0.189 bits per heavy atom. The van der Waals surface area contributed by atoms with E-state index < -0.39 is 0 Å². The molecule has 106 heavy (non-hydrogen) atoms. The van der Waals surface area contributed by atoms with Gasteiger partial charge >= 0.3 is 0 Å². The maximum atomic E-state index is 2.44. The molecule has 0 heterocycles. The van der Waals surface area contributed by atoms with Crippen LogP contribution in [0, 0.1) is 27.7 Å². The molecule has 0 aromatic heterocycles. The second kappa shape index (κ2) is 27.5. The van der Waals surface area contributed by atoms with Crippen LogP contribution in [0.5, 0.6) is 0 Å². The predicted octanol–water partition coefficient (Wildman–Crippen LogP) is 28.7. The van der Waals surface area contributed by atoms with Gasteiger partial charge in [0, 0.05) is 78.5 Å². The Labute approximate surface area is 624 Å². The van der Waals surface area contributed by atoms with Gasteiger partial charge in [-0.3, -0.25) is 0 Å². The molecular formula is C102H84N4. The van der Waals surface area contributed by atoms with Crippen molar-refractivity contribution < 1.29 is 0 Å². The molecular weight excluding hydrogens is 1280 g/mol. The lowest BCUT2D eigenvalue weighted by atomic mass is 9.82. The molecule has 16 aromatic rings. The molecule has 0 unspecified atom stereocenters. The van der Waals surface area contributed by atoms with Crippen molar-refractivity contribution in [2.45, 2.75) is 66.2 Å². The highest BCUT2D eigenvalue weighted by molar-refractivity contribution is 6.02. The summed E-state index contributed by atoms with van der Waals surface area (Å²) in [6.07, 6.45) is 0. The van der Waals surface area contributed by atoms with E-state index in [0.29, 0.717) is 0 Å². The average molecular weight is 1370 g/mol. The number of benzene rings is 16. The quantitative estimate of drug-likeness (QED) is 0.108. The minimum atomic E-state index is -0.264.